The molecule has 196 valence electrons. The van der Waals surface area contributed by atoms with Crippen LogP contribution in [-0.2, 0) is 20.7 Å². The van der Waals surface area contributed by atoms with Crippen molar-refractivity contribution in [3.05, 3.63) is 46.6 Å². The summed E-state index contributed by atoms with van der Waals surface area (Å²) in [5.41, 5.74) is 9.12. The summed E-state index contributed by atoms with van der Waals surface area (Å²) >= 11 is 1.69. The van der Waals surface area contributed by atoms with Crippen LogP contribution in [0.2, 0.25) is 0 Å². The number of likely N-dealkylation sites (tertiary alicyclic amines) is 1. The number of aryl methyl sites for hydroxylation is 1. The Morgan fingerprint density at radius 1 is 1.24 bits per heavy atom. The number of fused-ring (bicyclic) bond motifs is 1. The highest BCUT2D eigenvalue weighted by Crippen LogP contribution is 2.37. The van der Waals surface area contributed by atoms with Gasteiger partial charge in [0.2, 0.25) is 0 Å². The molecule has 3 aromatic rings. The van der Waals surface area contributed by atoms with E-state index in [1.165, 1.54) is 6.20 Å². The summed E-state index contributed by atoms with van der Waals surface area (Å²) in [6, 6.07) is 7.98. The molecule has 0 saturated carbocycles. The van der Waals surface area contributed by atoms with E-state index in [0.29, 0.717) is 37.0 Å². The van der Waals surface area contributed by atoms with E-state index >= 15 is 0 Å². The van der Waals surface area contributed by atoms with Gasteiger partial charge in [0.05, 0.1) is 47.4 Å². The molecule has 3 N–H and O–H groups in total. The number of anilines is 2. The summed E-state index contributed by atoms with van der Waals surface area (Å²) in [5.74, 6) is -0.453. The number of nitrogen functional groups attached to an aromatic ring is 1. The number of likely N-dealkylation sites (N-methyl/N-ethyl adjacent to an activating group) is 1. The number of aromatic nitrogens is 2. The van der Waals surface area contributed by atoms with Gasteiger partial charge in [0, 0.05) is 13.1 Å². The SMILES string of the molecule is CCc1cc(NC(=O)C(=O)N2C[C@@H](C)CC[C@@H]2c2ccc3sc([C@H]4COCCN4C)nc3c2)cnc1N. The van der Waals surface area contributed by atoms with Crippen molar-refractivity contribution in [1.82, 2.24) is 19.8 Å². The lowest BCUT2D eigenvalue weighted by atomic mass is 9.89. The third-order valence-corrected chi connectivity index (χ3v) is 8.54. The molecule has 0 radical (unpaired) electrons. The van der Waals surface area contributed by atoms with Crippen molar-refractivity contribution in [2.45, 2.75) is 45.2 Å². The summed E-state index contributed by atoms with van der Waals surface area (Å²) in [7, 11) is 2.10. The Balaban J connectivity index is 1.37. The normalized spacial score (nSPS) is 22.8. The average Bonchev–Trinajstić information content (AvgIpc) is 3.32. The van der Waals surface area contributed by atoms with Crippen molar-refractivity contribution in [3.8, 4) is 0 Å². The second-order valence-electron chi connectivity index (χ2n) is 10.1. The lowest BCUT2D eigenvalue weighted by Crippen LogP contribution is -2.46. The molecule has 37 heavy (non-hydrogen) atoms. The van der Waals surface area contributed by atoms with Crippen LogP contribution in [0, 0.1) is 5.92 Å². The molecule has 2 aliphatic heterocycles. The number of carbonyl (C=O) groups excluding carboxylic acids is 2. The second kappa shape index (κ2) is 10.7. The average molecular weight is 523 g/mol. The number of carbonyl (C=O) groups is 2. The molecule has 2 aromatic heterocycles. The van der Waals surface area contributed by atoms with Gasteiger partial charge in [-0.25, -0.2) is 9.97 Å². The quantitative estimate of drug-likeness (QED) is 0.501. The lowest BCUT2D eigenvalue weighted by Gasteiger charge is -2.38. The number of ether oxygens (including phenoxy) is 1. The minimum atomic E-state index is -0.662. The minimum absolute atomic E-state index is 0.156. The summed E-state index contributed by atoms with van der Waals surface area (Å²) in [6.07, 6.45) is 3.96. The molecule has 2 amide bonds. The van der Waals surface area contributed by atoms with Crippen LogP contribution < -0.4 is 11.1 Å². The maximum absolute atomic E-state index is 13.4. The number of nitrogens with two attached hydrogens (primary N) is 1. The van der Waals surface area contributed by atoms with E-state index in [1.54, 1.807) is 22.3 Å². The van der Waals surface area contributed by atoms with E-state index in [0.717, 1.165) is 52.3 Å². The highest BCUT2D eigenvalue weighted by Gasteiger charge is 2.35. The molecule has 5 rings (SSSR count). The lowest BCUT2D eigenvalue weighted by molar-refractivity contribution is -0.146. The number of pyridine rings is 1. The first-order valence-corrected chi connectivity index (χ1v) is 13.7. The number of morpholine rings is 1. The number of piperidine rings is 1. The van der Waals surface area contributed by atoms with Gasteiger partial charge < -0.3 is 20.7 Å². The molecule has 9 nitrogen and oxygen atoms in total. The number of hydrogen-bond donors (Lipinski definition) is 2. The zero-order chi connectivity index (χ0) is 26.1. The summed E-state index contributed by atoms with van der Waals surface area (Å²) in [5, 5.41) is 3.77. The van der Waals surface area contributed by atoms with Gasteiger partial charge in [-0.2, -0.15) is 0 Å². The standard InChI is InChI=1S/C27H34N6O3S/c1-4-17-11-19(13-29-24(17)28)30-25(34)27(35)33-14-16(2)5-7-21(33)18-6-8-23-20(12-18)31-26(37-23)22-15-36-10-9-32(22)3/h6,8,11-13,16,21-22H,4-5,7,9-10,14-15H2,1-3H3,(H2,28,29)(H,30,34)/t16-,21+,22+/m0/s1. The van der Waals surface area contributed by atoms with Crippen LogP contribution in [0.25, 0.3) is 10.2 Å². The summed E-state index contributed by atoms with van der Waals surface area (Å²) in [6.45, 7) is 6.88. The molecule has 10 heteroatoms. The Hall–Kier alpha value is -3.08. The monoisotopic (exact) mass is 522 g/mol. The zero-order valence-corrected chi connectivity index (χ0v) is 22.4. The van der Waals surface area contributed by atoms with E-state index in [-0.39, 0.29) is 12.1 Å². The predicted molar refractivity (Wildman–Crippen MR) is 145 cm³/mol. The van der Waals surface area contributed by atoms with E-state index < -0.39 is 11.8 Å². The highest BCUT2D eigenvalue weighted by molar-refractivity contribution is 7.18. The predicted octanol–water partition coefficient (Wildman–Crippen LogP) is 3.78. The molecule has 0 spiro atoms. The fourth-order valence-electron chi connectivity index (χ4n) is 5.17. The first-order valence-electron chi connectivity index (χ1n) is 12.9. The topological polar surface area (TPSA) is 114 Å². The molecule has 2 aliphatic rings. The molecule has 0 bridgehead atoms. The summed E-state index contributed by atoms with van der Waals surface area (Å²) in [4.78, 5) is 39.5. The molecule has 1 aromatic carbocycles. The molecule has 2 saturated heterocycles. The zero-order valence-electron chi connectivity index (χ0n) is 21.6. The number of rotatable bonds is 4. The van der Waals surface area contributed by atoms with Crippen LogP contribution in [0.1, 0.15) is 54.9 Å². The number of thiazole rings is 1. The van der Waals surface area contributed by atoms with Crippen LogP contribution in [0.4, 0.5) is 11.5 Å². The van der Waals surface area contributed by atoms with Gasteiger partial charge in [-0.15, -0.1) is 11.3 Å². The number of amides is 2. The Kier molecular flexibility index (Phi) is 7.41. The van der Waals surface area contributed by atoms with Crippen molar-refractivity contribution in [2.75, 3.05) is 44.4 Å². The second-order valence-corrected chi connectivity index (χ2v) is 11.1. The Bertz CT molecular complexity index is 1310. The van der Waals surface area contributed by atoms with Crippen molar-refractivity contribution in [1.29, 1.82) is 0 Å². The molecule has 2 fully saturated rings. The van der Waals surface area contributed by atoms with Crippen LogP contribution >= 0.6 is 11.3 Å². The van der Waals surface area contributed by atoms with Gasteiger partial charge in [0.15, 0.2) is 0 Å². The first-order chi connectivity index (χ1) is 17.8. The number of benzene rings is 1. The van der Waals surface area contributed by atoms with Gasteiger partial charge in [-0.05, 0) is 61.6 Å². The van der Waals surface area contributed by atoms with Crippen LogP contribution in [0.3, 0.4) is 0 Å². The van der Waals surface area contributed by atoms with Crippen molar-refractivity contribution in [3.63, 3.8) is 0 Å². The Labute approximate surface area is 221 Å². The fraction of sp³-hybridized carbons (Fsp3) is 0.481. The molecule has 0 unspecified atom stereocenters. The third-order valence-electron chi connectivity index (χ3n) is 7.41. The molecular formula is C27H34N6O3S. The minimum Gasteiger partial charge on any atom is -0.383 e. The van der Waals surface area contributed by atoms with Crippen LogP contribution in [0.5, 0.6) is 0 Å². The van der Waals surface area contributed by atoms with Crippen molar-refractivity contribution < 1.29 is 14.3 Å². The van der Waals surface area contributed by atoms with Crippen LogP contribution in [-0.4, -0.2) is 64.9 Å². The van der Waals surface area contributed by atoms with E-state index in [1.807, 2.05) is 6.92 Å². The number of nitrogens with zero attached hydrogens (tertiary/aromatic N) is 4. The van der Waals surface area contributed by atoms with Gasteiger partial charge >= 0.3 is 11.8 Å². The van der Waals surface area contributed by atoms with E-state index in [2.05, 4.69) is 47.4 Å². The Morgan fingerprint density at radius 2 is 2.08 bits per heavy atom. The Morgan fingerprint density at radius 3 is 2.86 bits per heavy atom. The number of hydrogen-bond acceptors (Lipinski definition) is 8. The van der Waals surface area contributed by atoms with E-state index in [4.69, 9.17) is 15.5 Å². The van der Waals surface area contributed by atoms with Crippen LogP contribution in [0.15, 0.2) is 30.5 Å². The summed E-state index contributed by atoms with van der Waals surface area (Å²) < 4.78 is 6.80. The van der Waals surface area contributed by atoms with Crippen molar-refractivity contribution in [2.24, 2.45) is 5.92 Å². The maximum Gasteiger partial charge on any atom is 0.313 e. The smallest absolute Gasteiger partial charge is 0.313 e. The molecular weight excluding hydrogens is 488 g/mol. The molecule has 4 heterocycles. The maximum atomic E-state index is 13.4. The van der Waals surface area contributed by atoms with Gasteiger partial charge in [-0.3, -0.25) is 14.5 Å². The molecule has 0 aliphatic carbocycles. The molecule has 3 atom stereocenters. The number of nitrogens with one attached hydrogen (secondary N) is 1. The fourth-order valence-corrected chi connectivity index (χ4v) is 6.27. The van der Waals surface area contributed by atoms with Crippen molar-refractivity contribution >= 4 is 44.9 Å². The largest absolute Gasteiger partial charge is 0.383 e. The van der Waals surface area contributed by atoms with Gasteiger partial charge in [0.25, 0.3) is 0 Å². The van der Waals surface area contributed by atoms with Gasteiger partial charge in [0.1, 0.15) is 10.8 Å². The van der Waals surface area contributed by atoms with E-state index in [9.17, 15) is 9.59 Å². The third kappa shape index (κ3) is 5.32. The van der Waals surface area contributed by atoms with Gasteiger partial charge in [-0.1, -0.05) is 19.9 Å². The highest BCUT2D eigenvalue weighted by atomic mass is 32.1. The first kappa shape index (κ1) is 25.6.